The molecule has 0 atom stereocenters. The van der Waals surface area contributed by atoms with Gasteiger partial charge in [-0.3, -0.25) is 9.59 Å². The minimum Gasteiger partial charge on any atom is -0.496 e. The van der Waals surface area contributed by atoms with Gasteiger partial charge in [0.25, 0.3) is 5.91 Å². The first-order valence-electron chi connectivity index (χ1n) is 9.88. The summed E-state index contributed by atoms with van der Waals surface area (Å²) in [5.41, 5.74) is 3.39. The molecule has 0 aliphatic heterocycles. The van der Waals surface area contributed by atoms with Crippen LogP contribution in [0.25, 0.3) is 0 Å². The van der Waals surface area contributed by atoms with E-state index >= 15 is 0 Å². The van der Waals surface area contributed by atoms with E-state index in [9.17, 15) is 9.59 Å². The molecule has 2 aromatic carbocycles. The Labute approximate surface area is 186 Å². The van der Waals surface area contributed by atoms with Crippen LogP contribution in [0.1, 0.15) is 21.5 Å². The van der Waals surface area contributed by atoms with E-state index in [1.807, 2.05) is 36.9 Å². The number of methoxy groups -OCH3 is 1. The number of aromatic nitrogens is 2. The molecule has 2 N–H and O–H groups in total. The average Bonchev–Trinajstić information content (AvgIpc) is 3.17. The number of imidazole rings is 1. The third kappa shape index (κ3) is 6.36. The zero-order chi connectivity index (χ0) is 22.2. The molecule has 0 unspecified atom stereocenters. The van der Waals surface area contributed by atoms with E-state index in [2.05, 4.69) is 21.7 Å². The molecule has 0 spiro atoms. The van der Waals surface area contributed by atoms with Crippen molar-refractivity contribution in [1.82, 2.24) is 14.9 Å². The molecule has 0 aliphatic rings. The predicted molar refractivity (Wildman–Crippen MR) is 123 cm³/mol. The molecule has 2 amide bonds. The number of hydrogen-bond donors (Lipinski definition) is 2. The summed E-state index contributed by atoms with van der Waals surface area (Å²) in [6.07, 6.45) is 4.21. The zero-order valence-electron chi connectivity index (χ0n) is 17.8. The predicted octanol–water partition coefficient (Wildman–Crippen LogP) is 3.44. The van der Waals surface area contributed by atoms with Crippen molar-refractivity contribution in [3.63, 3.8) is 0 Å². The lowest BCUT2D eigenvalue weighted by atomic mass is 10.1. The molecular formula is C23H26N4O3S. The molecule has 1 aromatic heterocycles. The maximum absolute atomic E-state index is 12.4. The number of carbonyl (C=O) groups excluding carboxylic acids is 2. The van der Waals surface area contributed by atoms with Gasteiger partial charge >= 0.3 is 0 Å². The van der Waals surface area contributed by atoms with Crippen LogP contribution in [0.5, 0.6) is 5.75 Å². The summed E-state index contributed by atoms with van der Waals surface area (Å²) in [6.45, 7) is 2.53. The molecule has 31 heavy (non-hydrogen) atoms. The SMILES string of the molecule is COc1ccc(C)cc1CCNC(=O)c1ccc(NC(=O)CSc2nccn2C)cc1. The summed E-state index contributed by atoms with van der Waals surface area (Å²) < 4.78 is 7.24. The molecule has 0 radical (unpaired) electrons. The molecule has 0 fully saturated rings. The van der Waals surface area contributed by atoms with Crippen molar-refractivity contribution >= 4 is 29.3 Å². The second-order valence-electron chi connectivity index (χ2n) is 7.06. The van der Waals surface area contributed by atoms with Gasteiger partial charge in [0.15, 0.2) is 5.16 Å². The summed E-state index contributed by atoms with van der Waals surface area (Å²) >= 11 is 1.37. The Morgan fingerprint density at radius 3 is 2.61 bits per heavy atom. The van der Waals surface area contributed by atoms with Gasteiger partial charge < -0.3 is 19.9 Å². The summed E-state index contributed by atoms with van der Waals surface area (Å²) in [4.78, 5) is 28.7. The lowest BCUT2D eigenvalue weighted by Gasteiger charge is -2.11. The van der Waals surface area contributed by atoms with E-state index in [0.717, 1.165) is 22.0 Å². The van der Waals surface area contributed by atoms with Crippen LogP contribution >= 0.6 is 11.8 Å². The number of anilines is 1. The highest BCUT2D eigenvalue weighted by molar-refractivity contribution is 7.99. The van der Waals surface area contributed by atoms with Crippen LogP contribution < -0.4 is 15.4 Å². The lowest BCUT2D eigenvalue weighted by Crippen LogP contribution is -2.25. The second-order valence-corrected chi connectivity index (χ2v) is 8.00. The number of ether oxygens (including phenoxy) is 1. The van der Waals surface area contributed by atoms with E-state index in [0.29, 0.717) is 24.2 Å². The Hall–Kier alpha value is -3.26. The summed E-state index contributed by atoms with van der Waals surface area (Å²) in [7, 11) is 3.53. The van der Waals surface area contributed by atoms with Gasteiger partial charge in [0.1, 0.15) is 5.75 Å². The smallest absolute Gasteiger partial charge is 0.251 e. The monoisotopic (exact) mass is 438 g/mol. The number of thioether (sulfide) groups is 1. The third-order valence-electron chi connectivity index (χ3n) is 4.66. The molecule has 3 aromatic rings. The number of hydrogen-bond acceptors (Lipinski definition) is 5. The fraction of sp³-hybridized carbons (Fsp3) is 0.261. The highest BCUT2D eigenvalue weighted by atomic mass is 32.2. The first-order chi connectivity index (χ1) is 15.0. The summed E-state index contributed by atoms with van der Waals surface area (Å²) in [5.74, 6) is 0.795. The second kappa shape index (κ2) is 10.7. The molecule has 0 aliphatic carbocycles. The van der Waals surface area contributed by atoms with Gasteiger partial charge in [-0.05, 0) is 49.2 Å². The number of carbonyl (C=O) groups is 2. The topological polar surface area (TPSA) is 85.2 Å². The van der Waals surface area contributed by atoms with Crippen LogP contribution in [0.15, 0.2) is 60.0 Å². The number of benzene rings is 2. The Bertz CT molecular complexity index is 1050. The highest BCUT2D eigenvalue weighted by Gasteiger charge is 2.09. The Balaban J connectivity index is 1.47. The number of amides is 2. The lowest BCUT2D eigenvalue weighted by molar-refractivity contribution is -0.113. The minimum atomic E-state index is -0.158. The van der Waals surface area contributed by atoms with E-state index in [1.165, 1.54) is 11.8 Å². The van der Waals surface area contributed by atoms with Crippen molar-refractivity contribution in [2.45, 2.75) is 18.5 Å². The van der Waals surface area contributed by atoms with Gasteiger partial charge in [-0.1, -0.05) is 29.5 Å². The zero-order valence-corrected chi connectivity index (χ0v) is 18.7. The van der Waals surface area contributed by atoms with Crippen molar-refractivity contribution in [1.29, 1.82) is 0 Å². The molecule has 7 nitrogen and oxygen atoms in total. The van der Waals surface area contributed by atoms with Gasteiger partial charge in [0.2, 0.25) is 5.91 Å². The third-order valence-corrected chi connectivity index (χ3v) is 5.71. The molecule has 0 saturated carbocycles. The number of nitrogens with one attached hydrogen (secondary N) is 2. The van der Waals surface area contributed by atoms with Crippen LogP contribution in [-0.2, 0) is 18.3 Å². The van der Waals surface area contributed by atoms with Gasteiger partial charge in [-0.15, -0.1) is 0 Å². The molecule has 162 valence electrons. The van der Waals surface area contributed by atoms with Gasteiger partial charge in [0, 0.05) is 37.2 Å². The highest BCUT2D eigenvalue weighted by Crippen LogP contribution is 2.20. The van der Waals surface area contributed by atoms with Crippen LogP contribution in [0.2, 0.25) is 0 Å². The van der Waals surface area contributed by atoms with E-state index in [1.54, 1.807) is 37.6 Å². The fourth-order valence-corrected chi connectivity index (χ4v) is 3.77. The summed E-state index contributed by atoms with van der Waals surface area (Å²) in [6, 6.07) is 12.8. The maximum Gasteiger partial charge on any atom is 0.251 e. The van der Waals surface area contributed by atoms with Crippen LogP contribution in [0.3, 0.4) is 0 Å². The number of aryl methyl sites for hydroxylation is 2. The number of nitrogens with zero attached hydrogens (tertiary/aromatic N) is 2. The normalized spacial score (nSPS) is 10.5. The van der Waals surface area contributed by atoms with E-state index < -0.39 is 0 Å². The van der Waals surface area contributed by atoms with Crippen LogP contribution in [0, 0.1) is 6.92 Å². The first kappa shape index (κ1) is 22.4. The average molecular weight is 439 g/mol. The van der Waals surface area contributed by atoms with E-state index in [-0.39, 0.29) is 17.6 Å². The number of rotatable bonds is 9. The minimum absolute atomic E-state index is 0.127. The van der Waals surface area contributed by atoms with Crippen molar-refractivity contribution in [3.8, 4) is 5.75 Å². The van der Waals surface area contributed by atoms with Crippen molar-refractivity contribution in [2.24, 2.45) is 7.05 Å². The van der Waals surface area contributed by atoms with Gasteiger partial charge in [0.05, 0.1) is 12.9 Å². The largest absolute Gasteiger partial charge is 0.496 e. The molecule has 8 heteroatoms. The van der Waals surface area contributed by atoms with Crippen molar-refractivity contribution < 1.29 is 14.3 Å². The van der Waals surface area contributed by atoms with Crippen LogP contribution in [-0.4, -0.2) is 40.8 Å². The standard InChI is InChI=1S/C23H26N4O3S/c1-16-4-9-20(30-3)18(14-16)10-11-24-22(29)17-5-7-19(8-6-17)26-21(28)15-31-23-25-12-13-27(23)2/h4-9,12-14H,10-11,15H2,1-3H3,(H,24,29)(H,26,28). The molecule has 0 saturated heterocycles. The maximum atomic E-state index is 12.4. The van der Waals surface area contributed by atoms with Crippen LogP contribution in [0.4, 0.5) is 5.69 Å². The quantitative estimate of drug-likeness (QED) is 0.500. The Morgan fingerprint density at radius 1 is 1.16 bits per heavy atom. The summed E-state index contributed by atoms with van der Waals surface area (Å²) in [5, 5.41) is 6.54. The fourth-order valence-electron chi connectivity index (χ4n) is 3.04. The van der Waals surface area contributed by atoms with Gasteiger partial charge in [-0.2, -0.15) is 0 Å². The first-order valence-corrected chi connectivity index (χ1v) is 10.9. The van der Waals surface area contributed by atoms with Crippen molar-refractivity contribution in [3.05, 3.63) is 71.5 Å². The molecule has 3 rings (SSSR count). The Morgan fingerprint density at radius 2 is 1.94 bits per heavy atom. The molecule has 0 bridgehead atoms. The van der Waals surface area contributed by atoms with E-state index in [4.69, 9.17) is 4.74 Å². The van der Waals surface area contributed by atoms with Crippen molar-refractivity contribution in [2.75, 3.05) is 24.7 Å². The Kier molecular flexibility index (Phi) is 7.72. The molecule has 1 heterocycles. The van der Waals surface area contributed by atoms with Gasteiger partial charge in [-0.25, -0.2) is 4.98 Å². The molecular weight excluding hydrogens is 412 g/mol.